The molecule has 2 aromatic carbocycles. The van der Waals surface area contributed by atoms with Gasteiger partial charge in [0, 0.05) is 23.7 Å². The summed E-state index contributed by atoms with van der Waals surface area (Å²) >= 11 is 0. The first-order chi connectivity index (χ1) is 10.2. The Labute approximate surface area is 124 Å². The molecule has 2 aromatic rings. The number of nitrogens with zero attached hydrogens (tertiary/aromatic N) is 2. The highest BCUT2D eigenvalue weighted by atomic mass is 14.7. The third kappa shape index (κ3) is 3.95. The molecule has 4 nitrogen and oxygen atoms in total. The van der Waals surface area contributed by atoms with Crippen LogP contribution in [-0.4, -0.2) is 6.21 Å². The second-order valence-electron chi connectivity index (χ2n) is 4.52. The lowest BCUT2D eigenvalue weighted by atomic mass is 10.1. The summed E-state index contributed by atoms with van der Waals surface area (Å²) in [7, 11) is 0. The van der Waals surface area contributed by atoms with Gasteiger partial charge in [0.15, 0.2) is 0 Å². The molecule has 0 aliphatic rings. The van der Waals surface area contributed by atoms with Crippen LogP contribution in [0.25, 0.3) is 5.57 Å². The molecular formula is C17H16N4. The number of benzene rings is 2. The molecule has 0 aliphatic carbocycles. The normalized spacial score (nSPS) is 11.5. The summed E-state index contributed by atoms with van der Waals surface area (Å²) in [6.45, 7) is 0.540. The van der Waals surface area contributed by atoms with E-state index in [0.717, 1.165) is 16.7 Å². The van der Waals surface area contributed by atoms with Gasteiger partial charge in [-0.2, -0.15) is 5.26 Å². The maximum atomic E-state index is 8.74. The summed E-state index contributed by atoms with van der Waals surface area (Å²) < 4.78 is 0. The minimum absolute atomic E-state index is 0.540. The lowest BCUT2D eigenvalue weighted by Gasteiger charge is -2.02. The first-order valence-electron chi connectivity index (χ1n) is 6.49. The number of allylic oxidation sites excluding steroid dienone is 1. The van der Waals surface area contributed by atoms with Crippen molar-refractivity contribution in [2.45, 2.75) is 6.54 Å². The van der Waals surface area contributed by atoms with Gasteiger partial charge in [0.05, 0.1) is 18.2 Å². The standard InChI is InChI=1S/C17H16N4/c18-9-13-1-3-14(4-2-13)11-21-12-16(10-19)15-5-7-17(20)8-6-15/h1-8,10,12H,11,19-20H2/b16-10+,21-12?. The van der Waals surface area contributed by atoms with Gasteiger partial charge in [-0.3, -0.25) is 4.99 Å². The van der Waals surface area contributed by atoms with E-state index < -0.39 is 0 Å². The number of anilines is 1. The van der Waals surface area contributed by atoms with Gasteiger partial charge >= 0.3 is 0 Å². The monoisotopic (exact) mass is 276 g/mol. The van der Waals surface area contributed by atoms with Gasteiger partial charge in [0.1, 0.15) is 0 Å². The minimum atomic E-state index is 0.540. The van der Waals surface area contributed by atoms with Crippen LogP contribution in [0.5, 0.6) is 0 Å². The Balaban J connectivity index is 2.05. The molecule has 104 valence electrons. The van der Waals surface area contributed by atoms with E-state index in [-0.39, 0.29) is 0 Å². The predicted octanol–water partition coefficient (Wildman–Crippen LogP) is 2.71. The summed E-state index contributed by atoms with van der Waals surface area (Å²) in [5.74, 6) is 0. The lowest BCUT2D eigenvalue weighted by molar-refractivity contribution is 1.08. The Kier molecular flexibility index (Phi) is 4.73. The summed E-state index contributed by atoms with van der Waals surface area (Å²) in [6.07, 6.45) is 3.26. The fraction of sp³-hybridized carbons (Fsp3) is 0.0588. The second-order valence-corrected chi connectivity index (χ2v) is 4.52. The van der Waals surface area contributed by atoms with Crippen molar-refractivity contribution >= 4 is 17.5 Å². The van der Waals surface area contributed by atoms with Crippen LogP contribution in [-0.2, 0) is 6.54 Å². The summed E-state index contributed by atoms with van der Waals surface area (Å²) in [5.41, 5.74) is 15.5. The lowest BCUT2D eigenvalue weighted by Crippen LogP contribution is -1.93. The van der Waals surface area contributed by atoms with Crippen molar-refractivity contribution in [2.24, 2.45) is 10.7 Å². The van der Waals surface area contributed by atoms with Crippen molar-refractivity contribution < 1.29 is 0 Å². The number of nitriles is 1. The number of hydrogen-bond donors (Lipinski definition) is 2. The molecule has 0 heterocycles. The van der Waals surface area contributed by atoms with Crippen molar-refractivity contribution in [2.75, 3.05) is 5.73 Å². The van der Waals surface area contributed by atoms with Gasteiger partial charge < -0.3 is 11.5 Å². The van der Waals surface area contributed by atoms with Gasteiger partial charge in [-0.15, -0.1) is 0 Å². The number of aliphatic imine (C=N–C) groups is 1. The molecule has 0 atom stereocenters. The van der Waals surface area contributed by atoms with E-state index in [2.05, 4.69) is 11.1 Å². The molecule has 0 bridgehead atoms. The highest BCUT2D eigenvalue weighted by Crippen LogP contribution is 2.14. The first-order valence-corrected chi connectivity index (χ1v) is 6.49. The molecule has 0 saturated carbocycles. The largest absolute Gasteiger partial charge is 0.404 e. The smallest absolute Gasteiger partial charge is 0.0991 e. The molecule has 0 aliphatic heterocycles. The van der Waals surface area contributed by atoms with Crippen molar-refractivity contribution in [1.82, 2.24) is 0 Å². The summed E-state index contributed by atoms with van der Waals surface area (Å²) in [6, 6.07) is 16.9. The van der Waals surface area contributed by atoms with E-state index in [9.17, 15) is 0 Å². The zero-order chi connectivity index (χ0) is 15.1. The van der Waals surface area contributed by atoms with Gasteiger partial charge in [-0.1, -0.05) is 24.3 Å². The van der Waals surface area contributed by atoms with E-state index in [0.29, 0.717) is 17.8 Å². The van der Waals surface area contributed by atoms with Crippen molar-refractivity contribution in [3.63, 3.8) is 0 Å². The quantitative estimate of drug-likeness (QED) is 0.664. The van der Waals surface area contributed by atoms with Crippen molar-refractivity contribution in [3.8, 4) is 6.07 Å². The fourth-order valence-electron chi connectivity index (χ4n) is 1.82. The zero-order valence-electron chi connectivity index (χ0n) is 11.5. The van der Waals surface area contributed by atoms with Crippen LogP contribution in [0.3, 0.4) is 0 Å². The van der Waals surface area contributed by atoms with Crippen LogP contribution in [0, 0.1) is 11.3 Å². The molecule has 0 amide bonds. The van der Waals surface area contributed by atoms with E-state index in [1.165, 1.54) is 6.20 Å². The Morgan fingerprint density at radius 2 is 1.76 bits per heavy atom. The highest BCUT2D eigenvalue weighted by molar-refractivity contribution is 6.09. The topological polar surface area (TPSA) is 88.2 Å². The average Bonchev–Trinajstić information content (AvgIpc) is 2.53. The van der Waals surface area contributed by atoms with Crippen molar-refractivity contribution in [3.05, 3.63) is 71.4 Å². The number of hydrogen-bond acceptors (Lipinski definition) is 4. The van der Waals surface area contributed by atoms with Gasteiger partial charge in [0.2, 0.25) is 0 Å². The average molecular weight is 276 g/mol. The maximum Gasteiger partial charge on any atom is 0.0991 e. The minimum Gasteiger partial charge on any atom is -0.404 e. The van der Waals surface area contributed by atoms with Gasteiger partial charge in [0.25, 0.3) is 0 Å². The first kappa shape index (κ1) is 14.4. The van der Waals surface area contributed by atoms with Gasteiger partial charge in [-0.25, -0.2) is 0 Å². The molecule has 21 heavy (non-hydrogen) atoms. The van der Waals surface area contributed by atoms with E-state index in [1.54, 1.807) is 18.3 Å². The molecule has 2 rings (SSSR count). The molecule has 4 heteroatoms. The molecular weight excluding hydrogens is 260 g/mol. The summed E-state index contributed by atoms with van der Waals surface area (Å²) in [5, 5.41) is 8.74. The Bertz CT molecular complexity index is 689. The molecule has 0 spiro atoms. The Morgan fingerprint density at radius 3 is 2.33 bits per heavy atom. The second kappa shape index (κ2) is 6.92. The number of nitrogen functional groups attached to an aromatic ring is 1. The van der Waals surface area contributed by atoms with Crippen LogP contribution in [0.1, 0.15) is 16.7 Å². The maximum absolute atomic E-state index is 8.74. The van der Waals surface area contributed by atoms with Crippen LogP contribution in [0.15, 0.2) is 59.7 Å². The molecule has 4 N–H and O–H groups in total. The van der Waals surface area contributed by atoms with E-state index in [1.807, 2.05) is 36.4 Å². The summed E-state index contributed by atoms with van der Waals surface area (Å²) in [4.78, 5) is 4.38. The van der Waals surface area contributed by atoms with Crippen LogP contribution < -0.4 is 11.5 Å². The van der Waals surface area contributed by atoms with Gasteiger partial charge in [-0.05, 0) is 35.4 Å². The number of nitrogens with two attached hydrogens (primary N) is 2. The van der Waals surface area contributed by atoms with Crippen molar-refractivity contribution in [1.29, 1.82) is 5.26 Å². The molecule has 0 aromatic heterocycles. The van der Waals surface area contributed by atoms with Crippen LogP contribution in [0.4, 0.5) is 5.69 Å². The molecule has 0 radical (unpaired) electrons. The fourth-order valence-corrected chi connectivity index (χ4v) is 1.82. The third-order valence-corrected chi connectivity index (χ3v) is 3.01. The molecule has 0 unspecified atom stereocenters. The third-order valence-electron chi connectivity index (χ3n) is 3.01. The highest BCUT2D eigenvalue weighted by Gasteiger charge is 1.98. The zero-order valence-corrected chi connectivity index (χ0v) is 11.5. The van der Waals surface area contributed by atoms with E-state index in [4.69, 9.17) is 16.7 Å². The molecule has 0 saturated heterocycles. The Morgan fingerprint density at radius 1 is 1.10 bits per heavy atom. The molecule has 0 fully saturated rings. The van der Waals surface area contributed by atoms with E-state index >= 15 is 0 Å². The van der Waals surface area contributed by atoms with Crippen LogP contribution in [0.2, 0.25) is 0 Å². The SMILES string of the molecule is N#Cc1ccc(CN=C/C(=C\N)c2ccc(N)cc2)cc1. The van der Waals surface area contributed by atoms with Crippen LogP contribution >= 0.6 is 0 Å². The number of rotatable bonds is 4. The predicted molar refractivity (Wildman–Crippen MR) is 86.4 cm³/mol. The Hall–Kier alpha value is -3.06.